The van der Waals surface area contributed by atoms with Crippen LogP contribution in [0, 0.1) is 0 Å². The van der Waals surface area contributed by atoms with Crippen LogP contribution < -0.4 is 10.1 Å². The number of nitrogens with zero attached hydrogens (tertiary/aromatic N) is 5. The van der Waals surface area contributed by atoms with Crippen molar-refractivity contribution in [2.75, 3.05) is 25.5 Å². The Bertz CT molecular complexity index is 1670. The van der Waals surface area contributed by atoms with Gasteiger partial charge in [-0.05, 0) is 37.1 Å². The largest absolute Gasteiger partial charge is 0.496 e. The number of hydrogen-bond donors (Lipinski definition) is 1. The molecule has 6 rings (SSSR count). The summed E-state index contributed by atoms with van der Waals surface area (Å²) in [6.45, 7) is 1.20. The van der Waals surface area contributed by atoms with Gasteiger partial charge in [-0.3, -0.25) is 14.9 Å². The van der Waals surface area contributed by atoms with Gasteiger partial charge in [-0.25, -0.2) is 15.0 Å². The Morgan fingerprint density at radius 3 is 2.47 bits per heavy atom. The summed E-state index contributed by atoms with van der Waals surface area (Å²) < 4.78 is 7.36. The molecular weight excluding hydrogens is 500 g/mol. The molecule has 2 amide bonds. The Hall–Kier alpha value is -4.31. The van der Waals surface area contributed by atoms with Gasteiger partial charge >= 0.3 is 0 Å². The zero-order chi connectivity index (χ0) is 26.2. The summed E-state index contributed by atoms with van der Waals surface area (Å²) in [5.74, 6) is 0.932. The molecule has 192 valence electrons. The van der Waals surface area contributed by atoms with E-state index in [-0.39, 0.29) is 17.7 Å². The summed E-state index contributed by atoms with van der Waals surface area (Å²) in [4.78, 5) is 41.7. The number of fused-ring (bicyclic) bond motifs is 2. The molecule has 0 saturated carbocycles. The number of pyridine rings is 1. The van der Waals surface area contributed by atoms with E-state index in [1.54, 1.807) is 18.6 Å². The van der Waals surface area contributed by atoms with Crippen LogP contribution in [0.3, 0.4) is 0 Å². The Morgan fingerprint density at radius 1 is 0.974 bits per heavy atom. The third kappa shape index (κ3) is 4.37. The SMILES string of the molecule is COc1cc(C(=O)N2CCC(c3nc(C(=O)Nc4nc5ccccc5n4C)cs3)CC2)nc2ccccc12. The minimum absolute atomic E-state index is 0.103. The van der Waals surface area contributed by atoms with E-state index >= 15 is 0 Å². The molecule has 1 N–H and O–H groups in total. The Labute approximate surface area is 223 Å². The van der Waals surface area contributed by atoms with Crippen molar-refractivity contribution in [1.82, 2.24) is 24.4 Å². The first kappa shape index (κ1) is 24.1. The zero-order valence-electron chi connectivity index (χ0n) is 21.0. The zero-order valence-corrected chi connectivity index (χ0v) is 21.9. The predicted octanol–water partition coefficient (Wildman–Crippen LogP) is 4.86. The molecule has 0 unspecified atom stereocenters. The van der Waals surface area contributed by atoms with E-state index in [1.165, 1.54) is 11.3 Å². The number of para-hydroxylation sites is 3. The molecule has 0 aliphatic carbocycles. The molecular formula is C28H26N6O3S. The Morgan fingerprint density at radius 2 is 1.71 bits per heavy atom. The topological polar surface area (TPSA) is 102 Å². The lowest BCUT2D eigenvalue weighted by molar-refractivity contribution is 0.0707. The summed E-state index contributed by atoms with van der Waals surface area (Å²) in [7, 11) is 3.47. The summed E-state index contributed by atoms with van der Waals surface area (Å²) in [5, 5.41) is 6.46. The van der Waals surface area contributed by atoms with Crippen molar-refractivity contribution in [3.63, 3.8) is 0 Å². The maximum atomic E-state index is 13.2. The number of carbonyl (C=O) groups is 2. The number of carbonyl (C=O) groups excluding carboxylic acids is 2. The number of benzene rings is 2. The molecule has 38 heavy (non-hydrogen) atoms. The minimum atomic E-state index is -0.283. The van der Waals surface area contributed by atoms with Crippen molar-refractivity contribution in [3.05, 3.63) is 76.4 Å². The number of amides is 2. The average molecular weight is 527 g/mol. The second-order valence-electron chi connectivity index (χ2n) is 9.30. The van der Waals surface area contributed by atoms with Gasteiger partial charge in [-0.1, -0.05) is 24.3 Å². The fourth-order valence-electron chi connectivity index (χ4n) is 4.92. The number of piperidine rings is 1. The molecule has 9 nitrogen and oxygen atoms in total. The predicted molar refractivity (Wildman–Crippen MR) is 147 cm³/mol. The highest BCUT2D eigenvalue weighted by molar-refractivity contribution is 7.10. The van der Waals surface area contributed by atoms with Crippen LogP contribution in [0.5, 0.6) is 5.75 Å². The molecule has 0 bridgehead atoms. The van der Waals surface area contributed by atoms with Crippen LogP contribution in [0.25, 0.3) is 21.9 Å². The third-order valence-corrected chi connectivity index (χ3v) is 8.02. The number of nitrogens with one attached hydrogen (secondary N) is 1. The lowest BCUT2D eigenvalue weighted by atomic mass is 9.97. The van der Waals surface area contributed by atoms with E-state index in [1.807, 2.05) is 65.0 Å². The fourth-order valence-corrected chi connectivity index (χ4v) is 5.89. The third-order valence-electron chi connectivity index (χ3n) is 7.02. The van der Waals surface area contributed by atoms with Crippen molar-refractivity contribution in [3.8, 4) is 5.75 Å². The Kier molecular flexibility index (Phi) is 6.24. The molecule has 1 fully saturated rings. The van der Waals surface area contributed by atoms with Gasteiger partial charge in [0.25, 0.3) is 11.8 Å². The normalized spacial score (nSPS) is 14.2. The quantitative estimate of drug-likeness (QED) is 0.351. The molecule has 5 aromatic rings. The number of anilines is 1. The van der Waals surface area contributed by atoms with Crippen molar-refractivity contribution in [2.24, 2.45) is 7.05 Å². The summed E-state index contributed by atoms with van der Waals surface area (Å²) in [6, 6.07) is 17.1. The van der Waals surface area contributed by atoms with Crippen LogP contribution in [-0.4, -0.2) is 56.4 Å². The van der Waals surface area contributed by atoms with Crippen LogP contribution in [-0.2, 0) is 7.05 Å². The van der Waals surface area contributed by atoms with Crippen molar-refractivity contribution >= 4 is 51.0 Å². The highest BCUT2D eigenvalue weighted by atomic mass is 32.1. The number of hydrogen-bond acceptors (Lipinski definition) is 7. The summed E-state index contributed by atoms with van der Waals surface area (Å²) in [6.07, 6.45) is 1.55. The lowest BCUT2D eigenvalue weighted by Crippen LogP contribution is -2.38. The number of rotatable bonds is 5. The smallest absolute Gasteiger partial charge is 0.277 e. The second-order valence-corrected chi connectivity index (χ2v) is 10.2. The lowest BCUT2D eigenvalue weighted by Gasteiger charge is -2.31. The molecule has 1 saturated heterocycles. The van der Waals surface area contributed by atoms with E-state index in [9.17, 15) is 9.59 Å². The molecule has 0 radical (unpaired) electrons. The molecule has 0 atom stereocenters. The van der Waals surface area contributed by atoms with Gasteiger partial charge in [0.2, 0.25) is 5.95 Å². The minimum Gasteiger partial charge on any atom is -0.496 e. The van der Waals surface area contributed by atoms with Crippen molar-refractivity contribution < 1.29 is 14.3 Å². The number of aryl methyl sites for hydroxylation is 1. The van der Waals surface area contributed by atoms with Gasteiger partial charge in [0.05, 0.1) is 28.7 Å². The van der Waals surface area contributed by atoms with Gasteiger partial charge in [0.1, 0.15) is 17.1 Å². The molecule has 10 heteroatoms. The highest BCUT2D eigenvalue weighted by Crippen LogP contribution is 2.32. The van der Waals surface area contributed by atoms with E-state index in [2.05, 4.69) is 20.3 Å². The maximum absolute atomic E-state index is 13.2. The van der Waals surface area contributed by atoms with Crippen LogP contribution in [0.4, 0.5) is 5.95 Å². The average Bonchev–Trinajstić information content (AvgIpc) is 3.57. The molecule has 3 aromatic heterocycles. The van der Waals surface area contributed by atoms with Crippen molar-refractivity contribution in [1.29, 1.82) is 0 Å². The number of thiazole rings is 1. The van der Waals surface area contributed by atoms with Gasteiger partial charge < -0.3 is 14.2 Å². The second kappa shape index (κ2) is 9.86. The van der Waals surface area contributed by atoms with Crippen LogP contribution >= 0.6 is 11.3 Å². The number of ether oxygens (including phenoxy) is 1. The van der Waals surface area contributed by atoms with Crippen LogP contribution in [0.15, 0.2) is 60.0 Å². The number of imidazole rings is 1. The summed E-state index contributed by atoms with van der Waals surface area (Å²) >= 11 is 1.49. The van der Waals surface area contributed by atoms with E-state index in [0.717, 1.165) is 39.8 Å². The van der Waals surface area contributed by atoms with E-state index in [0.29, 0.717) is 36.2 Å². The molecule has 2 aromatic carbocycles. The van der Waals surface area contributed by atoms with Crippen molar-refractivity contribution in [2.45, 2.75) is 18.8 Å². The van der Waals surface area contributed by atoms with Gasteiger partial charge in [-0.15, -0.1) is 11.3 Å². The fraction of sp³-hybridized carbons (Fsp3) is 0.250. The van der Waals surface area contributed by atoms with E-state index < -0.39 is 0 Å². The first-order chi connectivity index (χ1) is 18.5. The first-order valence-corrected chi connectivity index (χ1v) is 13.3. The van der Waals surface area contributed by atoms with Gasteiger partial charge in [0, 0.05) is 42.9 Å². The molecule has 0 spiro atoms. The molecule has 4 heterocycles. The summed E-state index contributed by atoms with van der Waals surface area (Å²) in [5.41, 5.74) is 3.26. The van der Waals surface area contributed by atoms with Gasteiger partial charge in [-0.2, -0.15) is 0 Å². The maximum Gasteiger partial charge on any atom is 0.277 e. The van der Waals surface area contributed by atoms with Gasteiger partial charge in [0.15, 0.2) is 0 Å². The van der Waals surface area contributed by atoms with E-state index in [4.69, 9.17) is 4.74 Å². The molecule has 1 aliphatic rings. The Balaban J connectivity index is 1.11. The number of aromatic nitrogens is 4. The standard InChI is InChI=1S/C28H26N6O3S/c1-33-23-10-6-5-9-20(23)31-28(33)32-25(35)22-16-38-26(30-22)17-11-13-34(14-12-17)27(36)21-15-24(37-2)18-7-3-4-8-19(18)29-21/h3-10,15-17H,11-14H2,1-2H3,(H,31,32,35). The molecule has 1 aliphatic heterocycles. The monoisotopic (exact) mass is 526 g/mol. The number of methoxy groups -OCH3 is 1. The van der Waals surface area contributed by atoms with Crippen LogP contribution in [0.1, 0.15) is 44.7 Å². The van der Waals surface area contributed by atoms with Crippen LogP contribution in [0.2, 0.25) is 0 Å². The first-order valence-electron chi connectivity index (χ1n) is 12.4. The highest BCUT2D eigenvalue weighted by Gasteiger charge is 2.28. The number of likely N-dealkylation sites (tertiary alicyclic amines) is 1.